The number of anilines is 1. The number of benzene rings is 1. The summed E-state index contributed by atoms with van der Waals surface area (Å²) in [4.78, 5) is 4.14. The maximum absolute atomic E-state index is 8.81. The number of rotatable bonds is 4. The van der Waals surface area contributed by atoms with Gasteiger partial charge in [0.05, 0.1) is 23.4 Å². The number of nitriles is 1. The fraction of sp³-hybridized carbons (Fsp3) is 0.200. The van der Waals surface area contributed by atoms with Crippen molar-refractivity contribution in [1.82, 2.24) is 4.98 Å². The summed E-state index contributed by atoms with van der Waals surface area (Å²) in [7, 11) is 0. The predicted molar refractivity (Wildman–Crippen MR) is 75.6 cm³/mol. The molecule has 0 aliphatic heterocycles. The van der Waals surface area contributed by atoms with Crippen molar-refractivity contribution in [3.63, 3.8) is 0 Å². The van der Waals surface area contributed by atoms with Crippen LogP contribution < -0.4 is 15.2 Å². The third-order valence-electron chi connectivity index (χ3n) is 2.44. The Morgan fingerprint density at radius 1 is 1.25 bits per heavy atom. The first kappa shape index (κ1) is 13.7. The highest BCUT2D eigenvalue weighted by molar-refractivity contribution is 5.58. The molecule has 2 N–H and O–H groups in total. The average Bonchev–Trinajstić information content (AvgIpc) is 2.42. The molecule has 2 rings (SSSR count). The van der Waals surface area contributed by atoms with Gasteiger partial charge >= 0.3 is 0 Å². The first-order valence-corrected chi connectivity index (χ1v) is 6.19. The molecule has 5 nitrogen and oxygen atoms in total. The number of nitrogen functional groups attached to an aromatic ring is 1. The maximum Gasteiger partial charge on any atom is 0.262 e. The highest BCUT2D eigenvalue weighted by Crippen LogP contribution is 2.32. The molecule has 20 heavy (non-hydrogen) atoms. The van der Waals surface area contributed by atoms with E-state index in [4.69, 9.17) is 20.5 Å². The molecule has 2 aromatic rings. The number of nitrogens with zero attached hydrogens (tertiary/aromatic N) is 2. The smallest absolute Gasteiger partial charge is 0.262 e. The van der Waals surface area contributed by atoms with E-state index in [0.717, 1.165) is 0 Å². The standard InChI is InChI=1S/C15H15N3O2/c1-10(2)19-14-4-3-7-18-15(14)20-13-6-5-11(9-16)8-12(13)17/h3-8,10H,17H2,1-2H3. The Kier molecular flexibility index (Phi) is 4.06. The molecule has 5 heteroatoms. The van der Waals surface area contributed by atoms with Crippen molar-refractivity contribution in [2.75, 3.05) is 5.73 Å². The van der Waals surface area contributed by atoms with Crippen molar-refractivity contribution in [2.45, 2.75) is 20.0 Å². The van der Waals surface area contributed by atoms with E-state index in [1.165, 1.54) is 0 Å². The van der Waals surface area contributed by atoms with Crippen molar-refractivity contribution in [3.8, 4) is 23.4 Å². The minimum Gasteiger partial charge on any atom is -0.485 e. The summed E-state index contributed by atoms with van der Waals surface area (Å²) in [5, 5.41) is 8.81. The number of hydrogen-bond donors (Lipinski definition) is 1. The van der Waals surface area contributed by atoms with Gasteiger partial charge in [-0.25, -0.2) is 4.98 Å². The van der Waals surface area contributed by atoms with E-state index in [1.807, 2.05) is 19.9 Å². The van der Waals surface area contributed by atoms with E-state index in [1.54, 1.807) is 36.5 Å². The molecule has 0 aliphatic carbocycles. The second-order valence-corrected chi connectivity index (χ2v) is 4.44. The largest absolute Gasteiger partial charge is 0.485 e. The molecule has 0 radical (unpaired) electrons. The molecule has 0 saturated heterocycles. The van der Waals surface area contributed by atoms with Crippen LogP contribution in [-0.2, 0) is 0 Å². The van der Waals surface area contributed by atoms with Crippen LogP contribution in [0.2, 0.25) is 0 Å². The molecule has 102 valence electrons. The molecular weight excluding hydrogens is 254 g/mol. The summed E-state index contributed by atoms with van der Waals surface area (Å²) in [6, 6.07) is 10.4. The van der Waals surface area contributed by atoms with Gasteiger partial charge in [-0.2, -0.15) is 5.26 Å². The van der Waals surface area contributed by atoms with Gasteiger partial charge < -0.3 is 15.2 Å². The molecule has 1 heterocycles. The molecule has 0 bridgehead atoms. The summed E-state index contributed by atoms with van der Waals surface area (Å²) in [5.41, 5.74) is 6.71. The van der Waals surface area contributed by atoms with Crippen LogP contribution >= 0.6 is 0 Å². The first-order valence-electron chi connectivity index (χ1n) is 6.19. The third-order valence-corrected chi connectivity index (χ3v) is 2.44. The molecule has 0 saturated carbocycles. The number of aromatic nitrogens is 1. The van der Waals surface area contributed by atoms with Crippen LogP contribution in [0.15, 0.2) is 36.5 Å². The summed E-state index contributed by atoms with van der Waals surface area (Å²) in [5.74, 6) is 1.33. The highest BCUT2D eigenvalue weighted by atomic mass is 16.5. The fourth-order valence-corrected chi connectivity index (χ4v) is 1.61. The van der Waals surface area contributed by atoms with Crippen LogP contribution in [0.3, 0.4) is 0 Å². The topological polar surface area (TPSA) is 81.2 Å². The van der Waals surface area contributed by atoms with Gasteiger partial charge in [-0.1, -0.05) is 0 Å². The summed E-state index contributed by atoms with van der Waals surface area (Å²) in [6.07, 6.45) is 1.63. The lowest BCUT2D eigenvalue weighted by atomic mass is 10.2. The van der Waals surface area contributed by atoms with E-state index >= 15 is 0 Å². The molecule has 0 amide bonds. The first-order chi connectivity index (χ1) is 9.60. The van der Waals surface area contributed by atoms with Crippen molar-refractivity contribution in [3.05, 3.63) is 42.1 Å². The quantitative estimate of drug-likeness (QED) is 0.862. The zero-order valence-electron chi connectivity index (χ0n) is 11.3. The number of hydrogen-bond acceptors (Lipinski definition) is 5. The second kappa shape index (κ2) is 5.93. The van der Waals surface area contributed by atoms with Crippen LogP contribution in [0, 0.1) is 11.3 Å². The van der Waals surface area contributed by atoms with Crippen molar-refractivity contribution >= 4 is 5.69 Å². The normalized spacial score (nSPS) is 10.1. The van der Waals surface area contributed by atoms with Gasteiger partial charge in [0.2, 0.25) is 0 Å². The van der Waals surface area contributed by atoms with Gasteiger partial charge in [-0.3, -0.25) is 0 Å². The molecule has 0 unspecified atom stereocenters. The van der Waals surface area contributed by atoms with Gasteiger partial charge in [0.25, 0.3) is 5.88 Å². The van der Waals surface area contributed by atoms with Crippen LogP contribution in [-0.4, -0.2) is 11.1 Å². The van der Waals surface area contributed by atoms with E-state index < -0.39 is 0 Å². The van der Waals surface area contributed by atoms with Crippen LogP contribution in [0.1, 0.15) is 19.4 Å². The Hall–Kier alpha value is -2.74. The molecule has 1 aromatic heterocycles. The van der Waals surface area contributed by atoms with Gasteiger partial charge in [0.15, 0.2) is 11.5 Å². The van der Waals surface area contributed by atoms with E-state index in [9.17, 15) is 0 Å². The van der Waals surface area contributed by atoms with Crippen LogP contribution in [0.5, 0.6) is 17.4 Å². The van der Waals surface area contributed by atoms with E-state index in [2.05, 4.69) is 4.98 Å². The summed E-state index contributed by atoms with van der Waals surface area (Å²) >= 11 is 0. The lowest BCUT2D eigenvalue weighted by Crippen LogP contribution is -2.07. The maximum atomic E-state index is 8.81. The third kappa shape index (κ3) is 3.18. The molecule has 0 spiro atoms. The zero-order valence-corrected chi connectivity index (χ0v) is 11.3. The minimum absolute atomic E-state index is 0.0138. The van der Waals surface area contributed by atoms with Gasteiger partial charge in [-0.15, -0.1) is 0 Å². The Labute approximate surface area is 117 Å². The van der Waals surface area contributed by atoms with Crippen LogP contribution in [0.4, 0.5) is 5.69 Å². The summed E-state index contributed by atoms with van der Waals surface area (Å²) < 4.78 is 11.3. The Bertz CT molecular complexity index is 648. The van der Waals surface area contributed by atoms with Crippen LogP contribution in [0.25, 0.3) is 0 Å². The number of pyridine rings is 1. The molecule has 0 aliphatic rings. The number of nitrogens with two attached hydrogens (primary N) is 1. The Balaban J connectivity index is 2.28. The monoisotopic (exact) mass is 269 g/mol. The predicted octanol–water partition coefficient (Wildman–Crippen LogP) is 3.11. The summed E-state index contributed by atoms with van der Waals surface area (Å²) in [6.45, 7) is 3.85. The molecule has 1 aromatic carbocycles. The lowest BCUT2D eigenvalue weighted by molar-refractivity contribution is 0.231. The average molecular weight is 269 g/mol. The van der Waals surface area contributed by atoms with E-state index in [-0.39, 0.29) is 6.10 Å². The highest BCUT2D eigenvalue weighted by Gasteiger charge is 2.11. The van der Waals surface area contributed by atoms with Gasteiger partial charge in [0.1, 0.15) is 0 Å². The van der Waals surface area contributed by atoms with Gasteiger partial charge in [0, 0.05) is 6.20 Å². The van der Waals surface area contributed by atoms with Crippen molar-refractivity contribution in [2.24, 2.45) is 0 Å². The Morgan fingerprint density at radius 3 is 2.70 bits per heavy atom. The van der Waals surface area contributed by atoms with Crippen molar-refractivity contribution < 1.29 is 9.47 Å². The zero-order chi connectivity index (χ0) is 14.5. The fourth-order valence-electron chi connectivity index (χ4n) is 1.61. The van der Waals surface area contributed by atoms with E-state index in [0.29, 0.717) is 28.6 Å². The number of ether oxygens (including phenoxy) is 2. The lowest BCUT2D eigenvalue weighted by Gasteiger charge is -2.14. The molecule has 0 atom stereocenters. The molecular formula is C15H15N3O2. The van der Waals surface area contributed by atoms with Crippen molar-refractivity contribution in [1.29, 1.82) is 5.26 Å². The Morgan fingerprint density at radius 2 is 2.05 bits per heavy atom. The SMILES string of the molecule is CC(C)Oc1cccnc1Oc1ccc(C#N)cc1N. The minimum atomic E-state index is 0.0138. The van der Waals surface area contributed by atoms with Gasteiger partial charge in [-0.05, 0) is 44.2 Å². The second-order valence-electron chi connectivity index (χ2n) is 4.44. The molecule has 0 fully saturated rings.